The van der Waals surface area contributed by atoms with Gasteiger partial charge >= 0.3 is 5.97 Å². The summed E-state index contributed by atoms with van der Waals surface area (Å²) in [5.41, 5.74) is 1.34. The summed E-state index contributed by atoms with van der Waals surface area (Å²) in [7, 11) is 0. The minimum Gasteiger partial charge on any atom is -0.478 e. The molecule has 0 aromatic heterocycles. The van der Waals surface area contributed by atoms with E-state index in [9.17, 15) is 4.79 Å². The number of piperidine rings is 1. The molecular formula is C14H18BrNO3. The monoisotopic (exact) mass is 327 g/mol. The molecule has 1 fully saturated rings. The van der Waals surface area contributed by atoms with E-state index in [1.54, 1.807) is 12.1 Å². The summed E-state index contributed by atoms with van der Waals surface area (Å²) in [6.07, 6.45) is 2.46. The van der Waals surface area contributed by atoms with Crippen molar-refractivity contribution in [1.82, 2.24) is 0 Å². The Morgan fingerprint density at radius 3 is 3.00 bits per heavy atom. The molecule has 4 nitrogen and oxygen atoms in total. The molecule has 1 saturated heterocycles. The zero-order valence-corrected chi connectivity index (χ0v) is 12.5. The number of aromatic carboxylic acids is 1. The highest BCUT2D eigenvalue weighted by atomic mass is 79.9. The Morgan fingerprint density at radius 2 is 2.37 bits per heavy atom. The average molecular weight is 328 g/mol. The quantitative estimate of drug-likeness (QED) is 0.922. The van der Waals surface area contributed by atoms with Crippen LogP contribution in [0.2, 0.25) is 0 Å². The number of halogens is 1. The second-order valence-corrected chi connectivity index (χ2v) is 5.49. The molecule has 2 rings (SSSR count). The van der Waals surface area contributed by atoms with E-state index in [4.69, 9.17) is 9.84 Å². The summed E-state index contributed by atoms with van der Waals surface area (Å²) in [6.45, 7) is 4.58. The van der Waals surface area contributed by atoms with Crippen LogP contribution in [0.5, 0.6) is 0 Å². The molecule has 0 bridgehead atoms. The number of carboxylic acid groups (broad SMARTS) is 1. The van der Waals surface area contributed by atoms with Gasteiger partial charge in [-0.05, 0) is 53.9 Å². The Hall–Kier alpha value is -1.07. The first-order valence-electron chi connectivity index (χ1n) is 6.51. The number of ether oxygens (including phenoxy) is 1. The number of hydrogen-bond acceptors (Lipinski definition) is 3. The number of carbonyl (C=O) groups is 1. The van der Waals surface area contributed by atoms with Crippen molar-refractivity contribution in [1.29, 1.82) is 0 Å². The SMILES string of the molecule is CCOC1CCCN(c2ccc(C(=O)O)cc2Br)C1. The van der Waals surface area contributed by atoms with E-state index in [0.29, 0.717) is 5.56 Å². The van der Waals surface area contributed by atoms with Gasteiger partial charge in [0.25, 0.3) is 0 Å². The van der Waals surface area contributed by atoms with Crippen LogP contribution in [0.1, 0.15) is 30.1 Å². The molecule has 0 saturated carbocycles. The lowest BCUT2D eigenvalue weighted by molar-refractivity contribution is 0.0526. The van der Waals surface area contributed by atoms with Crippen LogP contribution in [0.15, 0.2) is 22.7 Å². The Balaban J connectivity index is 2.15. The summed E-state index contributed by atoms with van der Waals surface area (Å²) in [5, 5.41) is 8.97. The molecule has 1 N–H and O–H groups in total. The highest BCUT2D eigenvalue weighted by Crippen LogP contribution is 2.30. The van der Waals surface area contributed by atoms with E-state index >= 15 is 0 Å². The third-order valence-corrected chi connectivity index (χ3v) is 3.95. The number of anilines is 1. The fourth-order valence-electron chi connectivity index (χ4n) is 2.43. The van der Waals surface area contributed by atoms with Crippen LogP contribution < -0.4 is 4.90 Å². The molecule has 5 heteroatoms. The van der Waals surface area contributed by atoms with Gasteiger partial charge in [0.1, 0.15) is 0 Å². The van der Waals surface area contributed by atoms with Gasteiger partial charge in [0.15, 0.2) is 0 Å². The molecule has 1 atom stereocenters. The van der Waals surface area contributed by atoms with Gasteiger partial charge in [0.2, 0.25) is 0 Å². The minimum atomic E-state index is -0.905. The van der Waals surface area contributed by atoms with Crippen LogP contribution >= 0.6 is 15.9 Å². The molecule has 0 aliphatic carbocycles. The van der Waals surface area contributed by atoms with Crippen molar-refractivity contribution in [2.45, 2.75) is 25.9 Å². The van der Waals surface area contributed by atoms with E-state index in [1.165, 1.54) is 0 Å². The van der Waals surface area contributed by atoms with Gasteiger partial charge in [-0.3, -0.25) is 0 Å². The Labute approximate surface area is 121 Å². The van der Waals surface area contributed by atoms with Crippen LogP contribution in [0.4, 0.5) is 5.69 Å². The van der Waals surface area contributed by atoms with Crippen LogP contribution in [-0.4, -0.2) is 36.9 Å². The molecule has 1 aromatic rings. The average Bonchev–Trinajstić information content (AvgIpc) is 2.39. The Morgan fingerprint density at radius 1 is 1.58 bits per heavy atom. The molecule has 0 spiro atoms. The maximum absolute atomic E-state index is 10.9. The van der Waals surface area contributed by atoms with Crippen LogP contribution in [0, 0.1) is 0 Å². The largest absolute Gasteiger partial charge is 0.478 e. The first-order chi connectivity index (χ1) is 9.11. The van der Waals surface area contributed by atoms with E-state index in [2.05, 4.69) is 20.8 Å². The number of hydrogen-bond donors (Lipinski definition) is 1. The van der Waals surface area contributed by atoms with Crippen LogP contribution in [-0.2, 0) is 4.74 Å². The molecule has 1 unspecified atom stereocenters. The van der Waals surface area contributed by atoms with Gasteiger partial charge in [-0.25, -0.2) is 4.79 Å². The maximum Gasteiger partial charge on any atom is 0.335 e. The first-order valence-corrected chi connectivity index (χ1v) is 7.30. The van der Waals surface area contributed by atoms with Crippen molar-refractivity contribution < 1.29 is 14.6 Å². The summed E-state index contributed by atoms with van der Waals surface area (Å²) in [4.78, 5) is 13.2. The summed E-state index contributed by atoms with van der Waals surface area (Å²) < 4.78 is 6.51. The van der Waals surface area contributed by atoms with E-state index in [-0.39, 0.29) is 6.10 Å². The lowest BCUT2D eigenvalue weighted by Gasteiger charge is -2.34. The van der Waals surface area contributed by atoms with Gasteiger partial charge in [-0.15, -0.1) is 0 Å². The standard InChI is InChI=1S/C14H18BrNO3/c1-2-19-11-4-3-7-16(9-11)13-6-5-10(14(17)18)8-12(13)15/h5-6,8,11H,2-4,7,9H2,1H3,(H,17,18). The molecule has 104 valence electrons. The number of rotatable bonds is 4. The fourth-order valence-corrected chi connectivity index (χ4v) is 3.05. The maximum atomic E-state index is 10.9. The van der Waals surface area contributed by atoms with E-state index in [0.717, 1.165) is 42.7 Å². The third kappa shape index (κ3) is 3.48. The van der Waals surface area contributed by atoms with Crippen molar-refractivity contribution in [3.05, 3.63) is 28.2 Å². The molecule has 19 heavy (non-hydrogen) atoms. The second-order valence-electron chi connectivity index (χ2n) is 4.64. The summed E-state index contributed by atoms with van der Waals surface area (Å²) in [6, 6.07) is 5.16. The molecular weight excluding hydrogens is 310 g/mol. The van der Waals surface area contributed by atoms with Gasteiger partial charge < -0.3 is 14.7 Å². The van der Waals surface area contributed by atoms with Crippen molar-refractivity contribution in [2.24, 2.45) is 0 Å². The van der Waals surface area contributed by atoms with Crippen molar-refractivity contribution >= 4 is 27.6 Å². The van der Waals surface area contributed by atoms with Crippen molar-refractivity contribution in [3.8, 4) is 0 Å². The van der Waals surface area contributed by atoms with Gasteiger partial charge in [-0.2, -0.15) is 0 Å². The highest BCUT2D eigenvalue weighted by Gasteiger charge is 2.22. The highest BCUT2D eigenvalue weighted by molar-refractivity contribution is 9.10. The normalized spacial score (nSPS) is 19.5. The summed E-state index contributed by atoms with van der Waals surface area (Å²) in [5.74, 6) is -0.905. The molecule has 1 heterocycles. The molecule has 1 aromatic carbocycles. The predicted molar refractivity (Wildman–Crippen MR) is 78.0 cm³/mol. The topological polar surface area (TPSA) is 49.8 Å². The van der Waals surface area contributed by atoms with Crippen LogP contribution in [0.25, 0.3) is 0 Å². The molecule has 1 aliphatic heterocycles. The van der Waals surface area contributed by atoms with E-state index < -0.39 is 5.97 Å². The Bertz CT molecular complexity index is 462. The third-order valence-electron chi connectivity index (χ3n) is 3.32. The Kier molecular flexibility index (Phi) is 4.82. The number of benzene rings is 1. The summed E-state index contributed by atoms with van der Waals surface area (Å²) >= 11 is 3.46. The lowest BCUT2D eigenvalue weighted by atomic mass is 10.1. The predicted octanol–water partition coefficient (Wildman–Crippen LogP) is 3.15. The minimum absolute atomic E-state index is 0.268. The smallest absolute Gasteiger partial charge is 0.335 e. The molecule has 0 radical (unpaired) electrons. The number of carboxylic acids is 1. The molecule has 0 amide bonds. The second kappa shape index (κ2) is 6.39. The number of nitrogens with zero attached hydrogens (tertiary/aromatic N) is 1. The van der Waals surface area contributed by atoms with Crippen molar-refractivity contribution in [2.75, 3.05) is 24.6 Å². The van der Waals surface area contributed by atoms with Crippen LogP contribution in [0.3, 0.4) is 0 Å². The fraction of sp³-hybridized carbons (Fsp3) is 0.500. The van der Waals surface area contributed by atoms with E-state index in [1.807, 2.05) is 13.0 Å². The first kappa shape index (κ1) is 14.3. The zero-order valence-electron chi connectivity index (χ0n) is 10.9. The van der Waals surface area contributed by atoms with Crippen molar-refractivity contribution in [3.63, 3.8) is 0 Å². The van der Waals surface area contributed by atoms with Gasteiger partial charge in [0, 0.05) is 24.2 Å². The zero-order chi connectivity index (χ0) is 13.8. The van der Waals surface area contributed by atoms with Gasteiger partial charge in [-0.1, -0.05) is 0 Å². The van der Waals surface area contributed by atoms with Gasteiger partial charge in [0.05, 0.1) is 17.4 Å². The molecule has 1 aliphatic rings. The lowest BCUT2D eigenvalue weighted by Crippen LogP contribution is -2.39.